The predicted molar refractivity (Wildman–Crippen MR) is 125 cm³/mol. The van der Waals surface area contributed by atoms with E-state index in [2.05, 4.69) is 28.6 Å². The lowest BCUT2D eigenvalue weighted by atomic mass is 10.1. The molecule has 0 bridgehead atoms. The Morgan fingerprint density at radius 1 is 1.20 bits per heavy atom. The summed E-state index contributed by atoms with van der Waals surface area (Å²) in [6, 6.07) is 15.5. The number of nitrogens with zero attached hydrogens (tertiary/aromatic N) is 2. The van der Waals surface area contributed by atoms with Gasteiger partial charge in [-0.25, -0.2) is 13.4 Å². The molecule has 1 aliphatic heterocycles. The van der Waals surface area contributed by atoms with E-state index in [1.165, 1.54) is 4.90 Å². The van der Waals surface area contributed by atoms with Crippen LogP contribution in [0.3, 0.4) is 0 Å². The van der Waals surface area contributed by atoms with E-state index in [1.54, 1.807) is 23.9 Å². The fourth-order valence-corrected chi connectivity index (χ4v) is 5.65. The number of nitrogens with two attached hydrogens (primary N) is 1. The fourth-order valence-electron chi connectivity index (χ4n) is 3.71. The Morgan fingerprint density at radius 3 is 2.83 bits per heavy atom. The Labute approximate surface area is 181 Å². The van der Waals surface area contributed by atoms with Crippen molar-refractivity contribution < 1.29 is 8.42 Å². The molecule has 3 aromatic rings. The molecule has 4 rings (SSSR count). The summed E-state index contributed by atoms with van der Waals surface area (Å²) in [6.45, 7) is 2.31. The van der Waals surface area contributed by atoms with Crippen LogP contribution in [0, 0.1) is 0 Å². The van der Waals surface area contributed by atoms with E-state index in [1.807, 2.05) is 24.3 Å². The molecule has 0 fully saturated rings. The number of hydrogen-bond acceptors (Lipinski definition) is 7. The standard InChI is InChI=1S/C22H26N4O2S2/c1-29-17-7-8-19-18(13-17)20(24-10-4-9-23)14-22(25-19)26-11-12-30(27,28)21-6-3-2-5-16(21)15-26/h2-3,5-8,13-14H,4,9-12,15,23H2,1H3,(H,24,25). The third-order valence-electron chi connectivity index (χ3n) is 5.32. The highest BCUT2D eigenvalue weighted by Crippen LogP contribution is 2.32. The molecule has 1 aliphatic rings. The summed E-state index contributed by atoms with van der Waals surface area (Å²) in [5.41, 5.74) is 8.37. The van der Waals surface area contributed by atoms with Gasteiger partial charge in [0.15, 0.2) is 9.84 Å². The normalized spacial score (nSPS) is 15.6. The maximum atomic E-state index is 12.7. The van der Waals surface area contributed by atoms with Crippen molar-refractivity contribution in [3.05, 3.63) is 54.1 Å². The Bertz CT molecular complexity index is 1170. The topological polar surface area (TPSA) is 88.3 Å². The van der Waals surface area contributed by atoms with E-state index in [0.717, 1.165) is 40.9 Å². The molecule has 6 nitrogen and oxygen atoms in total. The second-order valence-corrected chi connectivity index (χ2v) is 10.3. The molecule has 158 valence electrons. The highest BCUT2D eigenvalue weighted by Gasteiger charge is 2.26. The van der Waals surface area contributed by atoms with E-state index < -0.39 is 9.84 Å². The SMILES string of the molecule is CSc1ccc2nc(N3CCS(=O)(=O)c4ccccc4C3)cc(NCCCN)c2c1. The largest absolute Gasteiger partial charge is 0.384 e. The van der Waals surface area contributed by atoms with Gasteiger partial charge in [-0.15, -0.1) is 11.8 Å². The van der Waals surface area contributed by atoms with Gasteiger partial charge in [-0.2, -0.15) is 0 Å². The molecular formula is C22H26N4O2S2. The first-order valence-corrected chi connectivity index (χ1v) is 12.9. The molecular weight excluding hydrogens is 416 g/mol. The number of rotatable bonds is 6. The molecule has 2 aromatic carbocycles. The first-order valence-electron chi connectivity index (χ1n) is 10.00. The number of benzene rings is 2. The minimum absolute atomic E-state index is 0.0745. The van der Waals surface area contributed by atoms with Crippen LogP contribution in [-0.4, -0.2) is 45.0 Å². The molecule has 0 saturated heterocycles. The Morgan fingerprint density at radius 2 is 2.03 bits per heavy atom. The quantitative estimate of drug-likeness (QED) is 0.446. The van der Waals surface area contributed by atoms with Crippen molar-refractivity contribution in [3.63, 3.8) is 0 Å². The summed E-state index contributed by atoms with van der Waals surface area (Å²) in [4.78, 5) is 8.54. The average Bonchev–Trinajstić information content (AvgIpc) is 2.89. The van der Waals surface area contributed by atoms with E-state index >= 15 is 0 Å². The lowest BCUT2D eigenvalue weighted by molar-refractivity contribution is 0.596. The summed E-state index contributed by atoms with van der Waals surface area (Å²) >= 11 is 1.70. The molecule has 1 aromatic heterocycles. The van der Waals surface area contributed by atoms with Crippen LogP contribution in [0.1, 0.15) is 12.0 Å². The van der Waals surface area contributed by atoms with Gasteiger partial charge in [0.25, 0.3) is 0 Å². The Kier molecular flexibility index (Phi) is 6.17. The predicted octanol–water partition coefficient (Wildman–Crippen LogP) is 3.51. The number of hydrogen-bond donors (Lipinski definition) is 2. The zero-order valence-corrected chi connectivity index (χ0v) is 18.6. The van der Waals surface area contributed by atoms with Crippen molar-refractivity contribution in [2.75, 3.05) is 41.9 Å². The van der Waals surface area contributed by atoms with Crippen molar-refractivity contribution in [1.29, 1.82) is 0 Å². The lowest BCUT2D eigenvalue weighted by Gasteiger charge is -2.23. The zero-order chi connectivity index (χ0) is 21.1. The van der Waals surface area contributed by atoms with Crippen molar-refractivity contribution in [3.8, 4) is 0 Å². The monoisotopic (exact) mass is 442 g/mol. The van der Waals surface area contributed by atoms with Gasteiger partial charge in [0.05, 0.1) is 16.2 Å². The van der Waals surface area contributed by atoms with Gasteiger partial charge in [-0.3, -0.25) is 0 Å². The minimum Gasteiger partial charge on any atom is -0.384 e. The van der Waals surface area contributed by atoms with Gasteiger partial charge in [0.1, 0.15) is 5.82 Å². The van der Waals surface area contributed by atoms with E-state index in [0.29, 0.717) is 24.5 Å². The third kappa shape index (κ3) is 4.26. The Hall–Kier alpha value is -2.29. The zero-order valence-electron chi connectivity index (χ0n) is 17.0. The molecule has 0 radical (unpaired) electrons. The number of fused-ring (bicyclic) bond motifs is 2. The summed E-state index contributed by atoms with van der Waals surface area (Å²) < 4.78 is 25.4. The van der Waals surface area contributed by atoms with Crippen molar-refractivity contribution in [2.45, 2.75) is 22.8 Å². The molecule has 8 heteroatoms. The highest BCUT2D eigenvalue weighted by molar-refractivity contribution is 7.98. The molecule has 0 spiro atoms. The van der Waals surface area contributed by atoms with Crippen molar-refractivity contribution in [2.24, 2.45) is 5.73 Å². The number of sulfone groups is 1. The number of aromatic nitrogens is 1. The van der Waals surface area contributed by atoms with Gasteiger partial charge in [-0.1, -0.05) is 18.2 Å². The van der Waals surface area contributed by atoms with Gasteiger partial charge in [-0.05, 0) is 49.1 Å². The fraction of sp³-hybridized carbons (Fsp3) is 0.318. The number of thioether (sulfide) groups is 1. The lowest BCUT2D eigenvalue weighted by Crippen LogP contribution is -2.26. The van der Waals surface area contributed by atoms with Crippen LogP contribution in [0.15, 0.2) is 58.3 Å². The summed E-state index contributed by atoms with van der Waals surface area (Å²) in [5.74, 6) is 0.854. The summed E-state index contributed by atoms with van der Waals surface area (Å²) in [6.07, 6.45) is 2.93. The third-order valence-corrected chi connectivity index (χ3v) is 7.84. The molecule has 0 amide bonds. The molecule has 30 heavy (non-hydrogen) atoms. The number of anilines is 2. The van der Waals surface area contributed by atoms with Crippen LogP contribution >= 0.6 is 11.8 Å². The number of nitrogens with one attached hydrogen (secondary N) is 1. The Balaban J connectivity index is 1.77. The number of pyridine rings is 1. The smallest absolute Gasteiger partial charge is 0.180 e. The first-order chi connectivity index (χ1) is 14.5. The van der Waals surface area contributed by atoms with Gasteiger partial charge in [0, 0.05) is 41.7 Å². The molecule has 3 N–H and O–H groups in total. The van der Waals surface area contributed by atoms with Crippen molar-refractivity contribution >= 4 is 44.0 Å². The van der Waals surface area contributed by atoms with E-state index in [9.17, 15) is 8.42 Å². The van der Waals surface area contributed by atoms with Crippen molar-refractivity contribution in [1.82, 2.24) is 4.98 Å². The molecule has 0 aliphatic carbocycles. The van der Waals surface area contributed by atoms with Crippen LogP contribution in [0.4, 0.5) is 11.5 Å². The van der Waals surface area contributed by atoms with E-state index in [4.69, 9.17) is 10.7 Å². The minimum atomic E-state index is -3.30. The molecule has 0 saturated carbocycles. The summed E-state index contributed by atoms with van der Waals surface area (Å²) in [7, 11) is -3.30. The van der Waals surface area contributed by atoms with Crippen LogP contribution in [-0.2, 0) is 16.4 Å². The van der Waals surface area contributed by atoms with Gasteiger partial charge < -0.3 is 16.0 Å². The molecule has 0 unspecified atom stereocenters. The summed E-state index contributed by atoms with van der Waals surface area (Å²) in [5, 5.41) is 4.56. The molecule has 0 atom stereocenters. The second kappa shape index (κ2) is 8.83. The van der Waals surface area contributed by atoms with E-state index in [-0.39, 0.29) is 5.75 Å². The maximum Gasteiger partial charge on any atom is 0.180 e. The molecule has 2 heterocycles. The average molecular weight is 443 g/mol. The second-order valence-electron chi connectivity index (χ2n) is 7.33. The van der Waals surface area contributed by atoms with Crippen LogP contribution in [0.2, 0.25) is 0 Å². The first kappa shape index (κ1) is 21.0. The van der Waals surface area contributed by atoms with Crippen LogP contribution in [0.5, 0.6) is 0 Å². The van der Waals surface area contributed by atoms with Crippen LogP contribution in [0.25, 0.3) is 10.9 Å². The maximum absolute atomic E-state index is 12.7. The van der Waals surface area contributed by atoms with Gasteiger partial charge in [0.2, 0.25) is 0 Å². The highest BCUT2D eigenvalue weighted by atomic mass is 32.2. The van der Waals surface area contributed by atoms with Crippen LogP contribution < -0.4 is 16.0 Å². The van der Waals surface area contributed by atoms with Gasteiger partial charge >= 0.3 is 0 Å².